The molecule has 40 heavy (non-hydrogen) atoms. The first-order valence-electron chi connectivity index (χ1n) is 12.5. The van der Waals surface area contributed by atoms with Crippen LogP contribution in [0.1, 0.15) is 12.7 Å². The number of pyridine rings is 1. The number of benzene rings is 3. The zero-order chi connectivity index (χ0) is 28.2. The number of nitrogens with one attached hydrogen (secondary N) is 1. The van der Waals surface area contributed by atoms with Gasteiger partial charge in [0.2, 0.25) is 0 Å². The van der Waals surface area contributed by atoms with Gasteiger partial charge in [-0.1, -0.05) is 23.7 Å². The fraction of sp³-hybridized carbons (Fsp3) is 0.129. The highest BCUT2D eigenvalue weighted by molar-refractivity contribution is 6.33. The number of aryl methyl sites for hydroxylation is 1. The average molecular weight is 563 g/mol. The lowest BCUT2D eigenvalue weighted by atomic mass is 10.0. The molecule has 0 spiro atoms. The summed E-state index contributed by atoms with van der Waals surface area (Å²) in [5.74, 6) is 0.274. The van der Waals surface area contributed by atoms with E-state index in [9.17, 15) is 13.6 Å². The van der Waals surface area contributed by atoms with Crippen molar-refractivity contribution in [2.24, 2.45) is 7.05 Å². The molecule has 204 valence electrons. The summed E-state index contributed by atoms with van der Waals surface area (Å²) < 4.78 is 47.0. The highest BCUT2D eigenvalue weighted by Crippen LogP contribution is 2.40. The number of ether oxygens (including phenoxy) is 2. The van der Waals surface area contributed by atoms with E-state index in [1.165, 1.54) is 16.7 Å². The highest BCUT2D eigenvalue weighted by atomic mass is 35.5. The first-order chi connectivity index (χ1) is 19.3. The Morgan fingerprint density at radius 1 is 0.900 bits per heavy atom. The number of aromatic nitrogens is 1. The van der Waals surface area contributed by atoms with Gasteiger partial charge in [-0.15, -0.1) is 0 Å². The maximum atomic E-state index is 14.5. The monoisotopic (exact) mass is 562 g/mol. The molecule has 0 fully saturated rings. The van der Waals surface area contributed by atoms with E-state index < -0.39 is 11.6 Å². The van der Waals surface area contributed by atoms with Crippen molar-refractivity contribution in [3.05, 3.63) is 118 Å². The van der Waals surface area contributed by atoms with Crippen LogP contribution in [0.25, 0.3) is 22.5 Å². The van der Waals surface area contributed by atoms with Crippen molar-refractivity contribution in [1.82, 2.24) is 4.57 Å². The van der Waals surface area contributed by atoms with Crippen LogP contribution < -0.4 is 20.3 Å². The van der Waals surface area contributed by atoms with E-state index in [1.807, 2.05) is 37.3 Å². The molecule has 0 bridgehead atoms. The summed E-state index contributed by atoms with van der Waals surface area (Å²) in [6.07, 6.45) is 1.63. The standard InChI is InChI=1S/C31H25ClF2N2O4/c1-3-38-30-16-31(37)36(2)18-24(30)23-15-20(9-12-28(23)40-29-11-8-19(33)14-26(29)34)35-17-21-10-13-27(39-21)22-6-4-5-7-25(22)32/h4-16,18,35H,3,17H2,1-2H3. The summed E-state index contributed by atoms with van der Waals surface area (Å²) in [6, 6.07) is 20.9. The van der Waals surface area contributed by atoms with Crippen molar-refractivity contribution in [2.45, 2.75) is 13.5 Å². The molecule has 0 aliphatic rings. The quantitative estimate of drug-likeness (QED) is 0.197. The SMILES string of the molecule is CCOc1cc(=O)n(C)cc1-c1cc(NCc2ccc(-c3ccccc3Cl)o2)ccc1Oc1ccc(F)cc1F. The van der Waals surface area contributed by atoms with Crippen LogP contribution in [0.4, 0.5) is 14.5 Å². The van der Waals surface area contributed by atoms with Gasteiger partial charge < -0.3 is 23.8 Å². The molecule has 0 radical (unpaired) electrons. The largest absolute Gasteiger partial charge is 0.493 e. The molecule has 0 unspecified atom stereocenters. The maximum absolute atomic E-state index is 14.5. The summed E-state index contributed by atoms with van der Waals surface area (Å²) in [5, 5.41) is 3.92. The van der Waals surface area contributed by atoms with E-state index in [4.69, 9.17) is 25.5 Å². The average Bonchev–Trinajstić information content (AvgIpc) is 3.41. The molecule has 5 rings (SSSR count). The van der Waals surface area contributed by atoms with Crippen molar-refractivity contribution in [2.75, 3.05) is 11.9 Å². The first kappa shape index (κ1) is 27.0. The van der Waals surface area contributed by atoms with E-state index >= 15 is 0 Å². The predicted molar refractivity (Wildman–Crippen MR) is 151 cm³/mol. The molecular weight excluding hydrogens is 538 g/mol. The minimum absolute atomic E-state index is 0.145. The zero-order valence-corrected chi connectivity index (χ0v) is 22.5. The van der Waals surface area contributed by atoms with Gasteiger partial charge in [0.1, 0.15) is 28.8 Å². The van der Waals surface area contributed by atoms with Gasteiger partial charge in [0.25, 0.3) is 5.56 Å². The van der Waals surface area contributed by atoms with Gasteiger partial charge in [0.15, 0.2) is 11.6 Å². The third-order valence-corrected chi connectivity index (χ3v) is 6.47. The molecule has 0 aliphatic carbocycles. The number of anilines is 1. The maximum Gasteiger partial charge on any atom is 0.254 e. The van der Waals surface area contributed by atoms with Crippen molar-refractivity contribution in [3.8, 4) is 39.7 Å². The molecule has 2 aromatic heterocycles. The van der Waals surface area contributed by atoms with Crippen LogP contribution in [0, 0.1) is 11.6 Å². The number of hydrogen-bond acceptors (Lipinski definition) is 5. The summed E-state index contributed by atoms with van der Waals surface area (Å²) in [7, 11) is 1.62. The van der Waals surface area contributed by atoms with Gasteiger partial charge >= 0.3 is 0 Å². The van der Waals surface area contributed by atoms with Gasteiger partial charge in [-0.25, -0.2) is 8.78 Å². The Morgan fingerprint density at radius 2 is 1.70 bits per heavy atom. The molecule has 1 N–H and O–H groups in total. The Morgan fingerprint density at radius 3 is 2.48 bits per heavy atom. The molecule has 2 heterocycles. The lowest BCUT2D eigenvalue weighted by molar-refractivity contribution is 0.340. The minimum Gasteiger partial charge on any atom is -0.493 e. The molecule has 6 nitrogen and oxygen atoms in total. The first-order valence-corrected chi connectivity index (χ1v) is 12.9. The lowest BCUT2D eigenvalue weighted by Gasteiger charge is -2.17. The molecule has 9 heteroatoms. The molecule has 0 amide bonds. The molecule has 3 aromatic carbocycles. The molecule has 0 saturated heterocycles. The summed E-state index contributed by atoms with van der Waals surface area (Å²) in [6.45, 7) is 2.50. The van der Waals surface area contributed by atoms with Crippen LogP contribution in [-0.2, 0) is 13.6 Å². The topological polar surface area (TPSA) is 65.6 Å². The van der Waals surface area contributed by atoms with Crippen molar-refractivity contribution < 1.29 is 22.7 Å². The summed E-state index contributed by atoms with van der Waals surface area (Å²) in [5.41, 5.74) is 2.34. The fourth-order valence-corrected chi connectivity index (χ4v) is 4.40. The van der Waals surface area contributed by atoms with Crippen LogP contribution in [0.3, 0.4) is 0 Å². The number of nitrogens with zero attached hydrogens (tertiary/aromatic N) is 1. The van der Waals surface area contributed by atoms with E-state index in [0.717, 1.165) is 17.7 Å². The summed E-state index contributed by atoms with van der Waals surface area (Å²) in [4.78, 5) is 12.3. The van der Waals surface area contributed by atoms with E-state index in [-0.39, 0.29) is 17.1 Å². The van der Waals surface area contributed by atoms with Crippen LogP contribution in [-0.4, -0.2) is 11.2 Å². The Balaban J connectivity index is 1.49. The molecule has 0 atom stereocenters. The van der Waals surface area contributed by atoms with Crippen molar-refractivity contribution in [3.63, 3.8) is 0 Å². The Bertz CT molecular complexity index is 1730. The fourth-order valence-electron chi connectivity index (χ4n) is 4.17. The number of hydrogen-bond donors (Lipinski definition) is 1. The number of rotatable bonds is 9. The second-order valence-electron chi connectivity index (χ2n) is 8.92. The van der Waals surface area contributed by atoms with E-state index in [1.54, 1.807) is 37.5 Å². The van der Waals surface area contributed by atoms with Gasteiger partial charge in [0.05, 0.1) is 18.2 Å². The predicted octanol–water partition coefficient (Wildman–Crippen LogP) is 8.05. The highest BCUT2D eigenvalue weighted by Gasteiger charge is 2.18. The Hall–Kier alpha value is -4.56. The Labute approximate surface area is 234 Å². The molecule has 0 saturated carbocycles. The van der Waals surface area contributed by atoms with Crippen LogP contribution in [0.2, 0.25) is 5.02 Å². The van der Waals surface area contributed by atoms with Gasteiger partial charge in [-0.3, -0.25) is 4.79 Å². The third-order valence-electron chi connectivity index (χ3n) is 6.14. The number of furan rings is 1. The third kappa shape index (κ3) is 5.87. The zero-order valence-electron chi connectivity index (χ0n) is 21.7. The molecule has 0 aliphatic heterocycles. The second kappa shape index (κ2) is 11.7. The van der Waals surface area contributed by atoms with E-state index in [0.29, 0.717) is 52.3 Å². The molecular formula is C31H25ClF2N2O4. The van der Waals surface area contributed by atoms with Crippen molar-refractivity contribution >= 4 is 17.3 Å². The number of halogens is 3. The lowest BCUT2D eigenvalue weighted by Crippen LogP contribution is -2.16. The smallest absolute Gasteiger partial charge is 0.254 e. The van der Waals surface area contributed by atoms with Gasteiger partial charge in [-0.2, -0.15) is 0 Å². The van der Waals surface area contributed by atoms with Gasteiger partial charge in [-0.05, 0) is 61.5 Å². The van der Waals surface area contributed by atoms with Gasteiger partial charge in [0, 0.05) is 47.8 Å². The Kier molecular flexibility index (Phi) is 7.89. The molecule has 5 aromatic rings. The van der Waals surface area contributed by atoms with Crippen LogP contribution >= 0.6 is 11.6 Å². The second-order valence-corrected chi connectivity index (χ2v) is 9.33. The normalized spacial score (nSPS) is 10.9. The summed E-state index contributed by atoms with van der Waals surface area (Å²) >= 11 is 6.30. The minimum atomic E-state index is -0.842. The van der Waals surface area contributed by atoms with Crippen LogP contribution in [0.5, 0.6) is 17.2 Å². The van der Waals surface area contributed by atoms with Crippen molar-refractivity contribution in [1.29, 1.82) is 0 Å². The van der Waals surface area contributed by atoms with Crippen LogP contribution in [0.15, 0.2) is 94.3 Å². The van der Waals surface area contributed by atoms with E-state index in [2.05, 4.69) is 5.32 Å².